The zero-order valence-electron chi connectivity index (χ0n) is 43.4. The fourth-order valence-corrected chi connectivity index (χ4v) is 8.28. The number of ether oxygens (including phenoxy) is 2. The molecule has 0 saturated heterocycles. The van der Waals surface area contributed by atoms with E-state index in [0.717, 1.165) is 39.1 Å². The molecule has 5 rings (SSSR count). The molecule has 0 fully saturated rings. The average molecular weight is 983 g/mol. The number of nitrogens with one attached hydrogen (secondary N) is 3. The Hall–Kier alpha value is -7.15. The molecule has 5 aromatic rings. The summed E-state index contributed by atoms with van der Waals surface area (Å²) >= 11 is 0. The minimum absolute atomic E-state index is 0.0565. The highest BCUT2D eigenvalue weighted by Crippen LogP contribution is 2.36. The SMILES string of the molecule is CCNC(=O)C(CCCCNC(=O)CCC(=O)O)N(CCCCc1cccc(NC(=O)c2ccco2)c1Oc1ccc(C(C)(C)C)cc1)C(=O)/C=C/c1cccc(OCC(C)C)c1Cc1ccc(C)cc1C. The van der Waals surface area contributed by atoms with Crippen molar-refractivity contribution in [2.45, 2.75) is 125 Å². The number of benzene rings is 4. The molecule has 0 aliphatic rings. The first kappa shape index (κ1) is 55.8. The molecular weight excluding hydrogens is 909 g/mol. The van der Waals surface area contributed by atoms with Crippen molar-refractivity contribution in [2.75, 3.05) is 31.6 Å². The normalized spacial score (nSPS) is 11.8. The smallest absolute Gasteiger partial charge is 0.303 e. The maximum absolute atomic E-state index is 14.7. The summed E-state index contributed by atoms with van der Waals surface area (Å²) in [5, 5.41) is 17.7. The van der Waals surface area contributed by atoms with Crippen LogP contribution in [0.4, 0.5) is 5.69 Å². The van der Waals surface area contributed by atoms with E-state index in [2.05, 4.69) is 82.6 Å². The van der Waals surface area contributed by atoms with Gasteiger partial charge in [-0.1, -0.05) is 94.8 Å². The molecule has 4 aromatic carbocycles. The van der Waals surface area contributed by atoms with Crippen LogP contribution in [-0.2, 0) is 37.4 Å². The van der Waals surface area contributed by atoms with Gasteiger partial charge in [-0.2, -0.15) is 0 Å². The van der Waals surface area contributed by atoms with Crippen molar-refractivity contribution < 1.29 is 43.0 Å². The average Bonchev–Trinajstić information content (AvgIpc) is 3.89. The molecule has 0 saturated carbocycles. The third-order valence-electron chi connectivity index (χ3n) is 12.2. The van der Waals surface area contributed by atoms with Gasteiger partial charge in [-0.15, -0.1) is 0 Å². The van der Waals surface area contributed by atoms with Crippen LogP contribution >= 0.6 is 0 Å². The Bertz CT molecular complexity index is 2610. The number of aryl methyl sites for hydroxylation is 3. The van der Waals surface area contributed by atoms with E-state index in [9.17, 15) is 24.0 Å². The summed E-state index contributed by atoms with van der Waals surface area (Å²) in [6, 6.07) is 28.2. The van der Waals surface area contributed by atoms with Crippen LogP contribution in [0.3, 0.4) is 0 Å². The molecule has 0 aliphatic carbocycles. The third-order valence-corrected chi connectivity index (χ3v) is 12.2. The summed E-state index contributed by atoms with van der Waals surface area (Å²) in [6.07, 6.45) is 8.03. The fourth-order valence-electron chi connectivity index (χ4n) is 8.28. The predicted octanol–water partition coefficient (Wildman–Crippen LogP) is 11.4. The summed E-state index contributed by atoms with van der Waals surface area (Å²) in [7, 11) is 0. The number of rotatable bonds is 27. The summed E-state index contributed by atoms with van der Waals surface area (Å²) in [6.45, 7) is 18.1. The van der Waals surface area contributed by atoms with Crippen LogP contribution in [0.2, 0.25) is 0 Å². The molecule has 13 heteroatoms. The van der Waals surface area contributed by atoms with Crippen LogP contribution in [0.15, 0.2) is 108 Å². The molecule has 4 N–H and O–H groups in total. The Morgan fingerprint density at radius 2 is 1.60 bits per heavy atom. The third kappa shape index (κ3) is 17.3. The van der Waals surface area contributed by atoms with Crippen molar-refractivity contribution in [1.82, 2.24) is 15.5 Å². The zero-order chi connectivity index (χ0) is 52.2. The number of likely N-dealkylation sites (N-methyl/N-ethyl adjacent to an activating group) is 1. The van der Waals surface area contributed by atoms with Gasteiger partial charge in [-0.25, -0.2) is 0 Å². The van der Waals surface area contributed by atoms with Crippen molar-refractivity contribution in [1.29, 1.82) is 0 Å². The van der Waals surface area contributed by atoms with Crippen molar-refractivity contribution >= 4 is 41.4 Å². The van der Waals surface area contributed by atoms with Gasteiger partial charge in [0.1, 0.15) is 17.5 Å². The number of unbranched alkanes of at least 4 members (excludes halogenated alkanes) is 2. The van der Waals surface area contributed by atoms with Gasteiger partial charge in [0.2, 0.25) is 17.7 Å². The molecule has 13 nitrogen and oxygen atoms in total. The number of hydrogen-bond acceptors (Lipinski definition) is 8. The molecule has 0 spiro atoms. The molecule has 72 heavy (non-hydrogen) atoms. The largest absolute Gasteiger partial charge is 0.493 e. The Kier molecular flexibility index (Phi) is 21.3. The highest BCUT2D eigenvalue weighted by molar-refractivity contribution is 6.03. The molecule has 384 valence electrons. The molecule has 0 radical (unpaired) electrons. The number of carboxylic acids is 1. The van der Waals surface area contributed by atoms with Crippen LogP contribution in [0.25, 0.3) is 6.08 Å². The molecule has 1 unspecified atom stereocenters. The second-order valence-electron chi connectivity index (χ2n) is 19.7. The maximum Gasteiger partial charge on any atom is 0.303 e. The Labute approximate surface area is 425 Å². The lowest BCUT2D eigenvalue weighted by Gasteiger charge is -2.30. The minimum Gasteiger partial charge on any atom is -0.493 e. The standard InChI is InChI=1S/C59H74N4O9/c1-9-60-57(68)50(21-10-12-34-61-53(64)31-33-55(66)67)63(54(65)32-26-43-18-15-22-51(71-39-40(2)3)48(43)38-45-25-24-41(4)37-42(45)5)35-13-11-17-44-19-14-20-49(62-58(69)52-23-16-36-70-52)56(44)72-47-29-27-46(28-30-47)59(6,7)8/h14-16,18-20,22-30,32,36-37,40,50H,9-13,17,21,31,33-35,38-39H2,1-8H3,(H,60,68)(H,61,64)(H,62,69)(H,66,67)/b32-26+. The van der Waals surface area contributed by atoms with Gasteiger partial charge in [0.25, 0.3) is 5.91 Å². The number of carbonyl (C=O) groups is 5. The van der Waals surface area contributed by atoms with Crippen LogP contribution in [0.5, 0.6) is 17.2 Å². The molecule has 0 bridgehead atoms. The minimum atomic E-state index is -1.04. The first-order valence-corrected chi connectivity index (χ1v) is 25.2. The number of para-hydroxylation sites is 1. The fraction of sp³-hybridized carbons (Fsp3) is 0.407. The van der Waals surface area contributed by atoms with E-state index in [1.54, 1.807) is 29.2 Å². The number of carbonyl (C=O) groups excluding carboxylic acids is 4. The molecular formula is C59H74N4O9. The number of anilines is 1. The van der Waals surface area contributed by atoms with E-state index in [1.165, 1.54) is 11.8 Å². The number of hydrogen-bond donors (Lipinski definition) is 4. The number of carboxylic acid groups (broad SMARTS) is 1. The quantitative estimate of drug-likeness (QED) is 0.0295. The van der Waals surface area contributed by atoms with Crippen molar-refractivity contribution in [3.8, 4) is 17.2 Å². The lowest BCUT2D eigenvalue weighted by atomic mass is 9.87. The topological polar surface area (TPSA) is 177 Å². The number of amides is 4. The molecule has 1 heterocycles. The van der Waals surface area contributed by atoms with E-state index >= 15 is 0 Å². The van der Waals surface area contributed by atoms with Gasteiger partial charge in [-0.05, 0) is 141 Å². The van der Waals surface area contributed by atoms with E-state index < -0.39 is 17.9 Å². The van der Waals surface area contributed by atoms with Gasteiger partial charge in [0.15, 0.2) is 11.5 Å². The second kappa shape index (κ2) is 27.5. The van der Waals surface area contributed by atoms with E-state index in [4.69, 9.17) is 19.0 Å². The van der Waals surface area contributed by atoms with Crippen molar-refractivity contribution in [2.24, 2.45) is 5.92 Å². The van der Waals surface area contributed by atoms with Crippen molar-refractivity contribution in [3.63, 3.8) is 0 Å². The highest BCUT2D eigenvalue weighted by Gasteiger charge is 2.28. The second-order valence-corrected chi connectivity index (χ2v) is 19.7. The predicted molar refractivity (Wildman–Crippen MR) is 284 cm³/mol. The monoisotopic (exact) mass is 983 g/mol. The van der Waals surface area contributed by atoms with Gasteiger partial charge < -0.3 is 39.8 Å². The molecule has 1 atom stereocenters. The Morgan fingerprint density at radius 1 is 0.833 bits per heavy atom. The molecule has 1 aromatic heterocycles. The van der Waals surface area contributed by atoms with E-state index in [1.807, 2.05) is 67.6 Å². The zero-order valence-corrected chi connectivity index (χ0v) is 43.4. The van der Waals surface area contributed by atoms with Gasteiger partial charge in [0.05, 0.1) is 25.0 Å². The van der Waals surface area contributed by atoms with Crippen LogP contribution in [-0.4, -0.2) is 71.9 Å². The summed E-state index contributed by atoms with van der Waals surface area (Å²) in [5.74, 6) is -0.125. The number of nitrogens with zero attached hydrogens (tertiary/aromatic N) is 1. The maximum atomic E-state index is 14.7. The van der Waals surface area contributed by atoms with Crippen LogP contribution < -0.4 is 25.4 Å². The molecule has 0 aliphatic heterocycles. The van der Waals surface area contributed by atoms with Crippen LogP contribution in [0, 0.1) is 19.8 Å². The Balaban J connectivity index is 1.44. The van der Waals surface area contributed by atoms with Gasteiger partial charge in [-0.3, -0.25) is 24.0 Å². The van der Waals surface area contributed by atoms with Gasteiger partial charge >= 0.3 is 5.97 Å². The van der Waals surface area contributed by atoms with E-state index in [-0.39, 0.29) is 48.3 Å². The van der Waals surface area contributed by atoms with Crippen LogP contribution in [0.1, 0.15) is 136 Å². The van der Waals surface area contributed by atoms with Gasteiger partial charge in [0, 0.05) is 44.1 Å². The first-order valence-electron chi connectivity index (χ1n) is 25.2. The number of furan rings is 1. The Morgan fingerprint density at radius 3 is 2.28 bits per heavy atom. The lowest BCUT2D eigenvalue weighted by molar-refractivity contribution is -0.138. The summed E-state index contributed by atoms with van der Waals surface area (Å²) in [4.78, 5) is 66.9. The molecule has 4 amide bonds. The number of aliphatic carboxylic acids is 1. The first-order chi connectivity index (χ1) is 34.4. The summed E-state index contributed by atoms with van der Waals surface area (Å²) < 4.78 is 18.3. The van der Waals surface area contributed by atoms with Crippen molar-refractivity contribution in [3.05, 3.63) is 148 Å². The van der Waals surface area contributed by atoms with E-state index in [0.29, 0.717) is 87.7 Å². The summed E-state index contributed by atoms with van der Waals surface area (Å²) in [5.41, 5.74) is 7.67. The highest BCUT2D eigenvalue weighted by atomic mass is 16.5. The lowest BCUT2D eigenvalue weighted by Crippen LogP contribution is -2.49.